The van der Waals surface area contributed by atoms with E-state index in [4.69, 9.17) is 0 Å². The van der Waals surface area contributed by atoms with Crippen molar-refractivity contribution in [2.45, 2.75) is 19.8 Å². The summed E-state index contributed by atoms with van der Waals surface area (Å²) in [7, 11) is 0. The molecular formula is C15H15NOS. The SMILES string of the molecule is CCCc1ccc(C(=O)/C=C/c2ccncc2)s1. The number of ketones is 1. The Balaban J connectivity index is 2.05. The van der Waals surface area contributed by atoms with Crippen molar-refractivity contribution in [1.29, 1.82) is 0 Å². The van der Waals surface area contributed by atoms with E-state index in [1.165, 1.54) is 4.88 Å². The molecule has 0 aliphatic rings. The Bertz CT molecular complexity index is 543. The Hall–Kier alpha value is -1.74. The van der Waals surface area contributed by atoms with Crippen LogP contribution in [0, 0.1) is 0 Å². The fourth-order valence-electron chi connectivity index (χ4n) is 1.62. The van der Waals surface area contributed by atoms with E-state index in [1.807, 2.05) is 30.3 Å². The number of rotatable bonds is 5. The van der Waals surface area contributed by atoms with Crippen molar-refractivity contribution in [2.24, 2.45) is 0 Å². The second-order valence-corrected chi connectivity index (χ2v) is 5.16. The predicted molar refractivity (Wildman–Crippen MR) is 75.9 cm³/mol. The monoisotopic (exact) mass is 257 g/mol. The molecule has 0 bridgehead atoms. The summed E-state index contributed by atoms with van der Waals surface area (Å²) in [5.41, 5.74) is 0.990. The maximum Gasteiger partial charge on any atom is 0.195 e. The summed E-state index contributed by atoms with van der Waals surface area (Å²) in [5.74, 6) is 0.0687. The minimum absolute atomic E-state index is 0.0687. The lowest BCUT2D eigenvalue weighted by atomic mass is 10.2. The summed E-state index contributed by atoms with van der Waals surface area (Å²) in [6.07, 6.45) is 9.04. The summed E-state index contributed by atoms with van der Waals surface area (Å²) in [4.78, 5) is 18.0. The number of pyridine rings is 1. The van der Waals surface area contributed by atoms with E-state index in [0.29, 0.717) is 0 Å². The van der Waals surface area contributed by atoms with Crippen LogP contribution in [-0.4, -0.2) is 10.8 Å². The van der Waals surface area contributed by atoms with E-state index < -0.39 is 0 Å². The second-order valence-electron chi connectivity index (χ2n) is 3.99. The molecule has 0 saturated carbocycles. The van der Waals surface area contributed by atoms with E-state index in [0.717, 1.165) is 23.3 Å². The van der Waals surface area contributed by atoms with Crippen molar-refractivity contribution in [2.75, 3.05) is 0 Å². The molecule has 0 aliphatic carbocycles. The third kappa shape index (κ3) is 3.37. The molecule has 0 radical (unpaired) electrons. The number of allylic oxidation sites excluding steroid dienone is 1. The lowest BCUT2D eigenvalue weighted by molar-refractivity contribution is 0.105. The van der Waals surface area contributed by atoms with E-state index in [9.17, 15) is 4.79 Å². The highest BCUT2D eigenvalue weighted by Gasteiger charge is 2.05. The first kappa shape index (κ1) is 12.7. The zero-order valence-electron chi connectivity index (χ0n) is 10.3. The van der Waals surface area contributed by atoms with Crippen LogP contribution in [0.15, 0.2) is 42.7 Å². The largest absolute Gasteiger partial charge is 0.288 e. The zero-order valence-corrected chi connectivity index (χ0v) is 11.1. The highest BCUT2D eigenvalue weighted by atomic mass is 32.1. The number of carbonyl (C=O) groups is 1. The van der Waals surface area contributed by atoms with Gasteiger partial charge in [-0.05, 0) is 42.3 Å². The first-order valence-corrected chi connectivity index (χ1v) is 6.82. The van der Waals surface area contributed by atoms with Gasteiger partial charge in [-0.3, -0.25) is 9.78 Å². The fraction of sp³-hybridized carbons (Fsp3) is 0.200. The van der Waals surface area contributed by atoms with Crippen LogP contribution in [0.3, 0.4) is 0 Å². The molecule has 2 heterocycles. The standard InChI is InChI=1S/C15H15NOS/c1-2-3-13-5-7-15(18-13)14(17)6-4-12-8-10-16-11-9-12/h4-11H,2-3H2,1H3/b6-4+. The van der Waals surface area contributed by atoms with Crippen LogP contribution >= 0.6 is 11.3 Å². The van der Waals surface area contributed by atoms with Gasteiger partial charge in [-0.15, -0.1) is 11.3 Å². The highest BCUT2D eigenvalue weighted by Crippen LogP contribution is 2.19. The van der Waals surface area contributed by atoms with Crippen molar-refractivity contribution in [3.05, 3.63) is 58.1 Å². The van der Waals surface area contributed by atoms with Crippen LogP contribution < -0.4 is 0 Å². The van der Waals surface area contributed by atoms with Crippen LogP contribution in [0.25, 0.3) is 6.08 Å². The highest BCUT2D eigenvalue weighted by molar-refractivity contribution is 7.14. The lowest BCUT2D eigenvalue weighted by Gasteiger charge is -1.92. The molecule has 3 heteroatoms. The maximum atomic E-state index is 11.9. The maximum absolute atomic E-state index is 11.9. The molecule has 0 spiro atoms. The Labute approximate surface area is 111 Å². The molecule has 18 heavy (non-hydrogen) atoms. The van der Waals surface area contributed by atoms with Crippen LogP contribution in [0.5, 0.6) is 0 Å². The number of hydrogen-bond donors (Lipinski definition) is 0. The number of thiophene rings is 1. The van der Waals surface area contributed by atoms with E-state index in [2.05, 4.69) is 11.9 Å². The van der Waals surface area contributed by atoms with Gasteiger partial charge in [0.25, 0.3) is 0 Å². The molecule has 0 saturated heterocycles. The smallest absolute Gasteiger partial charge is 0.195 e. The fourth-order valence-corrected chi connectivity index (χ4v) is 2.65. The molecule has 0 aliphatic heterocycles. The third-order valence-corrected chi connectivity index (χ3v) is 3.69. The van der Waals surface area contributed by atoms with Crippen molar-refractivity contribution in [3.63, 3.8) is 0 Å². The Morgan fingerprint density at radius 2 is 2.06 bits per heavy atom. The molecule has 92 valence electrons. The molecule has 2 aromatic rings. The molecule has 2 aromatic heterocycles. The Morgan fingerprint density at radius 1 is 1.28 bits per heavy atom. The van der Waals surface area contributed by atoms with Gasteiger partial charge in [0.15, 0.2) is 5.78 Å². The van der Waals surface area contributed by atoms with Gasteiger partial charge in [-0.1, -0.05) is 19.4 Å². The number of nitrogens with zero attached hydrogens (tertiary/aromatic N) is 1. The Kier molecular flexibility index (Phi) is 4.42. The van der Waals surface area contributed by atoms with Crippen LogP contribution in [0.4, 0.5) is 0 Å². The topological polar surface area (TPSA) is 30.0 Å². The molecule has 0 fully saturated rings. The number of aromatic nitrogens is 1. The van der Waals surface area contributed by atoms with Gasteiger partial charge in [0.05, 0.1) is 4.88 Å². The van der Waals surface area contributed by atoms with E-state index >= 15 is 0 Å². The predicted octanol–water partition coefficient (Wildman–Crippen LogP) is 3.99. The van der Waals surface area contributed by atoms with Crippen molar-refractivity contribution in [3.8, 4) is 0 Å². The average Bonchev–Trinajstić information content (AvgIpc) is 2.86. The molecular weight excluding hydrogens is 242 g/mol. The van der Waals surface area contributed by atoms with Crippen LogP contribution in [0.1, 0.15) is 33.5 Å². The van der Waals surface area contributed by atoms with Gasteiger partial charge in [-0.25, -0.2) is 0 Å². The van der Waals surface area contributed by atoms with Crippen molar-refractivity contribution in [1.82, 2.24) is 4.98 Å². The molecule has 0 atom stereocenters. The lowest BCUT2D eigenvalue weighted by Crippen LogP contribution is -1.88. The molecule has 0 unspecified atom stereocenters. The summed E-state index contributed by atoms with van der Waals surface area (Å²) >= 11 is 1.59. The third-order valence-electron chi connectivity index (χ3n) is 2.53. The molecule has 2 rings (SSSR count). The first-order valence-electron chi connectivity index (χ1n) is 6.00. The van der Waals surface area contributed by atoms with Gasteiger partial charge in [0.1, 0.15) is 0 Å². The number of aryl methyl sites for hydroxylation is 1. The summed E-state index contributed by atoms with van der Waals surface area (Å²) < 4.78 is 0. The molecule has 0 aromatic carbocycles. The van der Waals surface area contributed by atoms with E-state index in [1.54, 1.807) is 29.8 Å². The summed E-state index contributed by atoms with van der Waals surface area (Å²) in [6.45, 7) is 2.14. The molecule has 0 amide bonds. The van der Waals surface area contributed by atoms with Crippen molar-refractivity contribution < 1.29 is 4.79 Å². The van der Waals surface area contributed by atoms with Gasteiger partial charge in [0.2, 0.25) is 0 Å². The Morgan fingerprint density at radius 3 is 2.78 bits per heavy atom. The summed E-state index contributed by atoms with van der Waals surface area (Å²) in [6, 6.07) is 7.71. The normalized spacial score (nSPS) is 10.9. The minimum Gasteiger partial charge on any atom is -0.288 e. The molecule has 2 nitrogen and oxygen atoms in total. The van der Waals surface area contributed by atoms with Gasteiger partial charge in [-0.2, -0.15) is 0 Å². The van der Waals surface area contributed by atoms with E-state index in [-0.39, 0.29) is 5.78 Å². The van der Waals surface area contributed by atoms with Crippen molar-refractivity contribution >= 4 is 23.2 Å². The molecule has 0 N–H and O–H groups in total. The van der Waals surface area contributed by atoms with Gasteiger partial charge in [0, 0.05) is 17.3 Å². The van der Waals surface area contributed by atoms with Gasteiger partial charge >= 0.3 is 0 Å². The quantitative estimate of drug-likeness (QED) is 0.599. The second kappa shape index (κ2) is 6.26. The zero-order chi connectivity index (χ0) is 12.8. The number of carbonyl (C=O) groups excluding carboxylic acids is 1. The first-order chi connectivity index (χ1) is 8.79. The van der Waals surface area contributed by atoms with Crippen LogP contribution in [-0.2, 0) is 6.42 Å². The summed E-state index contributed by atoms with van der Waals surface area (Å²) in [5, 5.41) is 0. The average molecular weight is 257 g/mol. The van der Waals surface area contributed by atoms with Crippen LogP contribution in [0.2, 0.25) is 0 Å². The minimum atomic E-state index is 0.0687. The van der Waals surface area contributed by atoms with Gasteiger partial charge < -0.3 is 0 Å². The number of hydrogen-bond acceptors (Lipinski definition) is 3.